The third kappa shape index (κ3) is 2.52. The van der Waals surface area contributed by atoms with Crippen LogP contribution in [0.3, 0.4) is 0 Å². The molecule has 2 aliphatic heterocycles. The van der Waals surface area contributed by atoms with Gasteiger partial charge in [-0.3, -0.25) is 14.6 Å². The summed E-state index contributed by atoms with van der Waals surface area (Å²) in [7, 11) is 0. The van der Waals surface area contributed by atoms with E-state index in [-0.39, 0.29) is 0 Å². The van der Waals surface area contributed by atoms with Crippen molar-refractivity contribution in [2.24, 2.45) is 5.41 Å². The van der Waals surface area contributed by atoms with Gasteiger partial charge in [-0.25, -0.2) is 0 Å². The van der Waals surface area contributed by atoms with Crippen molar-refractivity contribution in [2.75, 3.05) is 26.2 Å². The van der Waals surface area contributed by atoms with Crippen LogP contribution in [0.4, 0.5) is 0 Å². The highest BCUT2D eigenvalue weighted by molar-refractivity contribution is 5.75. The van der Waals surface area contributed by atoms with Gasteiger partial charge < -0.3 is 5.11 Å². The molecule has 4 heteroatoms. The minimum Gasteiger partial charge on any atom is -0.481 e. The zero-order valence-corrected chi connectivity index (χ0v) is 12.0. The first-order chi connectivity index (χ1) is 9.14. The molecule has 4 nitrogen and oxygen atoms in total. The molecule has 2 unspecified atom stereocenters. The van der Waals surface area contributed by atoms with E-state index in [9.17, 15) is 9.90 Å². The first-order valence-electron chi connectivity index (χ1n) is 7.86. The van der Waals surface area contributed by atoms with Gasteiger partial charge in [0.2, 0.25) is 0 Å². The molecule has 0 aromatic heterocycles. The Kier molecular flexibility index (Phi) is 3.56. The number of piperidine rings is 1. The number of nitrogens with zero attached hydrogens (tertiary/aromatic N) is 2. The number of carboxylic acid groups (broad SMARTS) is 1. The van der Waals surface area contributed by atoms with Crippen LogP contribution in [0, 0.1) is 5.41 Å². The Labute approximate surface area is 115 Å². The summed E-state index contributed by atoms with van der Waals surface area (Å²) in [6.45, 7) is 6.28. The number of likely N-dealkylation sites (tertiary alicyclic amines) is 2. The summed E-state index contributed by atoms with van der Waals surface area (Å²) in [6.07, 6.45) is 6.64. The Bertz CT molecular complexity index is 356. The second-order valence-corrected chi connectivity index (χ2v) is 6.68. The van der Waals surface area contributed by atoms with Crippen LogP contribution in [0.5, 0.6) is 0 Å². The van der Waals surface area contributed by atoms with Crippen molar-refractivity contribution in [3.8, 4) is 0 Å². The van der Waals surface area contributed by atoms with Crippen molar-refractivity contribution in [3.63, 3.8) is 0 Å². The van der Waals surface area contributed by atoms with Crippen LogP contribution < -0.4 is 0 Å². The summed E-state index contributed by atoms with van der Waals surface area (Å²) < 4.78 is 0. The predicted molar refractivity (Wildman–Crippen MR) is 74.2 cm³/mol. The van der Waals surface area contributed by atoms with Gasteiger partial charge in [0.05, 0.1) is 5.41 Å². The highest BCUT2D eigenvalue weighted by Gasteiger charge is 2.44. The van der Waals surface area contributed by atoms with Gasteiger partial charge in [0.25, 0.3) is 0 Å². The van der Waals surface area contributed by atoms with E-state index in [1.807, 2.05) is 6.92 Å². The van der Waals surface area contributed by atoms with Gasteiger partial charge >= 0.3 is 5.97 Å². The molecule has 0 amide bonds. The number of rotatable bonds is 4. The van der Waals surface area contributed by atoms with Crippen LogP contribution in [-0.4, -0.2) is 59.1 Å². The molecule has 108 valence electrons. The molecule has 0 radical (unpaired) electrons. The smallest absolute Gasteiger partial charge is 0.310 e. The minimum atomic E-state index is -0.586. The molecule has 3 aliphatic rings. The third-order valence-corrected chi connectivity index (χ3v) is 5.51. The van der Waals surface area contributed by atoms with Crippen molar-refractivity contribution in [1.29, 1.82) is 0 Å². The average molecular weight is 266 g/mol. The number of carboxylic acids is 1. The van der Waals surface area contributed by atoms with Crippen LogP contribution in [-0.2, 0) is 4.79 Å². The predicted octanol–water partition coefficient (Wildman–Crippen LogP) is 1.80. The zero-order valence-electron chi connectivity index (χ0n) is 12.0. The summed E-state index contributed by atoms with van der Waals surface area (Å²) >= 11 is 0. The summed E-state index contributed by atoms with van der Waals surface area (Å²) in [4.78, 5) is 16.7. The monoisotopic (exact) mass is 266 g/mol. The maximum Gasteiger partial charge on any atom is 0.310 e. The van der Waals surface area contributed by atoms with Crippen molar-refractivity contribution >= 4 is 5.97 Å². The van der Waals surface area contributed by atoms with E-state index < -0.39 is 11.4 Å². The van der Waals surface area contributed by atoms with Crippen molar-refractivity contribution < 1.29 is 9.90 Å². The molecule has 1 aliphatic carbocycles. The van der Waals surface area contributed by atoms with E-state index in [2.05, 4.69) is 9.80 Å². The molecule has 2 heterocycles. The topological polar surface area (TPSA) is 43.8 Å². The van der Waals surface area contributed by atoms with Gasteiger partial charge in [-0.2, -0.15) is 0 Å². The van der Waals surface area contributed by atoms with Crippen LogP contribution in [0.2, 0.25) is 0 Å². The van der Waals surface area contributed by atoms with E-state index in [1.54, 1.807) is 0 Å². The van der Waals surface area contributed by atoms with E-state index in [0.717, 1.165) is 38.4 Å². The van der Waals surface area contributed by atoms with Gasteiger partial charge in [-0.15, -0.1) is 0 Å². The minimum absolute atomic E-state index is 0.481. The first kappa shape index (κ1) is 13.4. The molecule has 2 atom stereocenters. The average Bonchev–Trinajstić information content (AvgIpc) is 3.16. The summed E-state index contributed by atoms with van der Waals surface area (Å²) in [5.41, 5.74) is -0.481. The summed E-state index contributed by atoms with van der Waals surface area (Å²) in [6, 6.07) is 1.45. The largest absolute Gasteiger partial charge is 0.481 e. The highest BCUT2D eigenvalue weighted by Crippen LogP contribution is 2.37. The van der Waals surface area contributed by atoms with E-state index in [4.69, 9.17) is 0 Å². The van der Waals surface area contributed by atoms with E-state index in [0.29, 0.717) is 6.04 Å². The summed E-state index contributed by atoms with van der Waals surface area (Å²) in [5.74, 6) is -0.586. The van der Waals surface area contributed by atoms with Crippen LogP contribution in [0.15, 0.2) is 0 Å². The van der Waals surface area contributed by atoms with Gasteiger partial charge in [0.1, 0.15) is 0 Å². The van der Waals surface area contributed by atoms with Gasteiger partial charge in [0.15, 0.2) is 0 Å². The molecule has 2 saturated heterocycles. The van der Waals surface area contributed by atoms with Crippen molar-refractivity contribution in [2.45, 2.75) is 57.5 Å². The Morgan fingerprint density at radius 2 is 2.00 bits per heavy atom. The lowest BCUT2D eigenvalue weighted by Gasteiger charge is -2.42. The molecular formula is C15H26N2O2. The normalized spacial score (nSPS) is 37.6. The Hall–Kier alpha value is -0.610. The maximum atomic E-state index is 11.6. The van der Waals surface area contributed by atoms with Crippen molar-refractivity contribution in [3.05, 3.63) is 0 Å². The third-order valence-electron chi connectivity index (χ3n) is 5.51. The van der Waals surface area contributed by atoms with Crippen LogP contribution >= 0.6 is 0 Å². The van der Waals surface area contributed by atoms with Crippen molar-refractivity contribution in [1.82, 2.24) is 9.80 Å². The Balaban J connectivity index is 1.63. The lowest BCUT2D eigenvalue weighted by atomic mass is 9.77. The molecule has 0 aromatic rings. The SMILES string of the molecule is CCC1(C(=O)O)CCCN(C2CCN(C3CC3)C2)C1. The molecule has 0 aromatic carbocycles. The second-order valence-electron chi connectivity index (χ2n) is 6.68. The number of carbonyl (C=O) groups is 1. The molecular weight excluding hydrogens is 240 g/mol. The maximum absolute atomic E-state index is 11.6. The standard InChI is InChI=1S/C15H26N2O2/c1-2-15(14(18)19)7-3-8-17(11-15)13-6-9-16(10-13)12-4-5-12/h12-13H,2-11H2,1H3,(H,18,19). The molecule has 3 fully saturated rings. The highest BCUT2D eigenvalue weighted by atomic mass is 16.4. The quantitative estimate of drug-likeness (QED) is 0.842. The van der Waals surface area contributed by atoms with Gasteiger partial charge in [-0.05, 0) is 45.1 Å². The fourth-order valence-electron chi connectivity index (χ4n) is 3.93. The van der Waals surface area contributed by atoms with E-state index in [1.165, 1.54) is 32.4 Å². The van der Waals surface area contributed by atoms with Crippen LogP contribution in [0.25, 0.3) is 0 Å². The molecule has 0 spiro atoms. The van der Waals surface area contributed by atoms with E-state index >= 15 is 0 Å². The zero-order chi connectivity index (χ0) is 13.5. The fourth-order valence-corrected chi connectivity index (χ4v) is 3.93. The lowest BCUT2D eigenvalue weighted by molar-refractivity contribution is -0.153. The molecule has 1 saturated carbocycles. The van der Waals surface area contributed by atoms with Crippen LogP contribution in [0.1, 0.15) is 45.4 Å². The molecule has 0 bridgehead atoms. The molecule has 19 heavy (non-hydrogen) atoms. The fraction of sp³-hybridized carbons (Fsp3) is 0.933. The Morgan fingerprint density at radius 1 is 1.21 bits per heavy atom. The molecule has 1 N–H and O–H groups in total. The number of aliphatic carboxylic acids is 1. The lowest BCUT2D eigenvalue weighted by Crippen LogP contribution is -2.51. The van der Waals surface area contributed by atoms with Gasteiger partial charge in [-0.1, -0.05) is 6.92 Å². The second kappa shape index (κ2) is 5.06. The number of hydrogen-bond donors (Lipinski definition) is 1. The first-order valence-corrected chi connectivity index (χ1v) is 7.86. The van der Waals surface area contributed by atoms with Gasteiger partial charge in [0, 0.05) is 31.7 Å². The number of hydrogen-bond acceptors (Lipinski definition) is 3. The Morgan fingerprint density at radius 3 is 2.63 bits per heavy atom. The molecule has 3 rings (SSSR count). The summed E-state index contributed by atoms with van der Waals surface area (Å²) in [5, 5.41) is 9.56.